The topological polar surface area (TPSA) is 75.5 Å². The number of carbonyl (C=O) groups excluding carboxylic acids is 1. The standard InChI is InChI=1S/C17H17Cl2N3O3/c1-21(11-12-6-7-13(18)14(19)10-12)17(23)8-9-20-15-4-2-3-5-16(15)22(24)25/h2-7,10,20H,8-9,11H2,1H3. The molecule has 0 aromatic heterocycles. The van der Waals surface area contributed by atoms with Gasteiger partial charge in [0.05, 0.1) is 15.0 Å². The largest absolute Gasteiger partial charge is 0.379 e. The molecule has 8 heteroatoms. The minimum atomic E-state index is -0.458. The summed E-state index contributed by atoms with van der Waals surface area (Å²) in [6.45, 7) is 0.705. The fourth-order valence-corrected chi connectivity index (χ4v) is 2.60. The fourth-order valence-electron chi connectivity index (χ4n) is 2.28. The number of hydrogen-bond donors (Lipinski definition) is 1. The van der Waals surface area contributed by atoms with Crippen molar-refractivity contribution in [3.05, 3.63) is 68.2 Å². The molecule has 6 nitrogen and oxygen atoms in total. The highest BCUT2D eigenvalue weighted by Gasteiger charge is 2.13. The number of benzene rings is 2. The third-order valence-electron chi connectivity index (χ3n) is 3.58. The zero-order valence-corrected chi connectivity index (χ0v) is 15.0. The number of nitrogens with one attached hydrogen (secondary N) is 1. The lowest BCUT2D eigenvalue weighted by Crippen LogP contribution is -2.27. The molecular weight excluding hydrogens is 365 g/mol. The average Bonchev–Trinajstić information content (AvgIpc) is 2.58. The molecular formula is C17H17Cl2N3O3. The molecule has 0 aliphatic rings. The lowest BCUT2D eigenvalue weighted by Gasteiger charge is -2.18. The first-order chi connectivity index (χ1) is 11.9. The zero-order chi connectivity index (χ0) is 18.4. The van der Waals surface area contributed by atoms with Gasteiger partial charge in [0.1, 0.15) is 5.69 Å². The first-order valence-electron chi connectivity index (χ1n) is 7.53. The molecule has 2 rings (SSSR count). The first-order valence-corrected chi connectivity index (χ1v) is 8.29. The van der Waals surface area contributed by atoms with Gasteiger partial charge < -0.3 is 10.2 Å². The van der Waals surface area contributed by atoms with E-state index in [1.54, 1.807) is 42.3 Å². The molecule has 1 N–H and O–H groups in total. The monoisotopic (exact) mass is 381 g/mol. The molecule has 0 heterocycles. The summed E-state index contributed by atoms with van der Waals surface area (Å²) < 4.78 is 0. The summed E-state index contributed by atoms with van der Waals surface area (Å²) in [6.07, 6.45) is 0.212. The molecule has 25 heavy (non-hydrogen) atoms. The van der Waals surface area contributed by atoms with Gasteiger partial charge in [-0.3, -0.25) is 14.9 Å². The Bertz CT molecular complexity index is 783. The van der Waals surface area contributed by atoms with Crippen LogP contribution in [0.2, 0.25) is 10.0 Å². The van der Waals surface area contributed by atoms with Crippen molar-refractivity contribution in [2.24, 2.45) is 0 Å². The van der Waals surface area contributed by atoms with E-state index in [9.17, 15) is 14.9 Å². The number of halogens is 2. The van der Waals surface area contributed by atoms with E-state index >= 15 is 0 Å². The first kappa shape index (κ1) is 19.0. The molecule has 0 spiro atoms. The summed E-state index contributed by atoms with van der Waals surface area (Å²) in [5.41, 5.74) is 1.25. The van der Waals surface area contributed by atoms with E-state index in [1.807, 2.05) is 6.07 Å². The van der Waals surface area contributed by atoms with E-state index in [-0.39, 0.29) is 18.0 Å². The average molecular weight is 382 g/mol. The number of rotatable bonds is 7. The van der Waals surface area contributed by atoms with E-state index in [4.69, 9.17) is 23.2 Å². The quantitative estimate of drug-likeness (QED) is 0.570. The minimum Gasteiger partial charge on any atom is -0.379 e. The van der Waals surface area contributed by atoms with Crippen molar-refractivity contribution in [3.8, 4) is 0 Å². The molecule has 0 saturated heterocycles. The summed E-state index contributed by atoms with van der Waals surface area (Å²) >= 11 is 11.8. The molecule has 0 unspecified atom stereocenters. The highest BCUT2D eigenvalue weighted by atomic mass is 35.5. The molecule has 0 bridgehead atoms. The molecule has 2 aromatic carbocycles. The summed E-state index contributed by atoms with van der Waals surface area (Å²) in [4.78, 5) is 24.3. The molecule has 0 aliphatic heterocycles. The van der Waals surface area contributed by atoms with Gasteiger partial charge in [-0.15, -0.1) is 0 Å². The lowest BCUT2D eigenvalue weighted by atomic mass is 10.2. The van der Waals surface area contributed by atoms with Gasteiger partial charge in [0, 0.05) is 32.6 Å². The van der Waals surface area contributed by atoms with Crippen molar-refractivity contribution >= 4 is 40.5 Å². The number of para-hydroxylation sites is 2. The Morgan fingerprint density at radius 3 is 2.60 bits per heavy atom. The predicted molar refractivity (Wildman–Crippen MR) is 99.1 cm³/mol. The number of nitro groups is 1. The Labute approximate surface area is 155 Å². The summed E-state index contributed by atoms with van der Waals surface area (Å²) in [5.74, 6) is -0.0860. The highest BCUT2D eigenvalue weighted by Crippen LogP contribution is 2.24. The van der Waals surface area contributed by atoms with Crippen molar-refractivity contribution in [2.75, 3.05) is 18.9 Å². The van der Waals surface area contributed by atoms with Crippen LogP contribution in [0.4, 0.5) is 11.4 Å². The van der Waals surface area contributed by atoms with Crippen LogP contribution in [0.25, 0.3) is 0 Å². The van der Waals surface area contributed by atoms with E-state index in [0.29, 0.717) is 28.8 Å². The lowest BCUT2D eigenvalue weighted by molar-refractivity contribution is -0.384. The van der Waals surface area contributed by atoms with Crippen LogP contribution >= 0.6 is 23.2 Å². The van der Waals surface area contributed by atoms with Crippen LogP contribution in [-0.2, 0) is 11.3 Å². The van der Waals surface area contributed by atoms with Gasteiger partial charge in [0.25, 0.3) is 5.69 Å². The maximum Gasteiger partial charge on any atom is 0.292 e. The van der Waals surface area contributed by atoms with E-state index in [2.05, 4.69) is 5.32 Å². The molecule has 0 aliphatic carbocycles. The smallest absolute Gasteiger partial charge is 0.292 e. The second kappa shape index (κ2) is 8.69. The Morgan fingerprint density at radius 1 is 1.20 bits per heavy atom. The predicted octanol–water partition coefficient (Wildman–Crippen LogP) is 4.36. The number of nitro benzene ring substituents is 1. The number of carbonyl (C=O) groups is 1. The van der Waals surface area contributed by atoms with Crippen LogP contribution < -0.4 is 5.32 Å². The summed E-state index contributed by atoms with van der Waals surface area (Å²) in [7, 11) is 1.69. The van der Waals surface area contributed by atoms with Crippen LogP contribution in [0.1, 0.15) is 12.0 Å². The van der Waals surface area contributed by atoms with Crippen molar-refractivity contribution in [3.63, 3.8) is 0 Å². The number of hydrogen-bond acceptors (Lipinski definition) is 4. The summed E-state index contributed by atoms with van der Waals surface area (Å²) in [6, 6.07) is 11.5. The second-order valence-corrected chi connectivity index (χ2v) is 6.26. The Morgan fingerprint density at radius 2 is 1.92 bits per heavy atom. The fraction of sp³-hybridized carbons (Fsp3) is 0.235. The minimum absolute atomic E-state index is 0.0147. The van der Waals surface area contributed by atoms with Gasteiger partial charge in [0.15, 0.2) is 0 Å². The second-order valence-electron chi connectivity index (χ2n) is 5.45. The SMILES string of the molecule is CN(Cc1ccc(Cl)c(Cl)c1)C(=O)CCNc1ccccc1[N+](=O)[O-]. The van der Waals surface area contributed by atoms with Crippen molar-refractivity contribution in [2.45, 2.75) is 13.0 Å². The van der Waals surface area contributed by atoms with Crippen LogP contribution in [-0.4, -0.2) is 29.3 Å². The third kappa shape index (κ3) is 5.34. The van der Waals surface area contributed by atoms with Crippen LogP contribution in [0, 0.1) is 10.1 Å². The van der Waals surface area contributed by atoms with Crippen molar-refractivity contribution in [1.82, 2.24) is 4.90 Å². The zero-order valence-electron chi connectivity index (χ0n) is 13.5. The van der Waals surface area contributed by atoms with Crippen molar-refractivity contribution in [1.29, 1.82) is 0 Å². The number of nitrogens with zero attached hydrogens (tertiary/aromatic N) is 2. The van der Waals surface area contributed by atoms with Gasteiger partial charge in [-0.05, 0) is 23.8 Å². The van der Waals surface area contributed by atoms with Crippen LogP contribution in [0.15, 0.2) is 42.5 Å². The molecule has 0 fully saturated rings. The Kier molecular flexibility index (Phi) is 6.61. The van der Waals surface area contributed by atoms with E-state index in [1.165, 1.54) is 6.07 Å². The van der Waals surface area contributed by atoms with Gasteiger partial charge in [-0.25, -0.2) is 0 Å². The molecule has 132 valence electrons. The highest BCUT2D eigenvalue weighted by molar-refractivity contribution is 6.42. The summed E-state index contributed by atoms with van der Waals surface area (Å²) in [5, 5.41) is 14.8. The van der Waals surface area contributed by atoms with E-state index in [0.717, 1.165) is 5.56 Å². The van der Waals surface area contributed by atoms with Gasteiger partial charge >= 0.3 is 0 Å². The molecule has 0 radical (unpaired) electrons. The van der Waals surface area contributed by atoms with E-state index < -0.39 is 4.92 Å². The van der Waals surface area contributed by atoms with Crippen molar-refractivity contribution < 1.29 is 9.72 Å². The van der Waals surface area contributed by atoms with Gasteiger partial charge in [0.2, 0.25) is 5.91 Å². The number of anilines is 1. The normalized spacial score (nSPS) is 10.4. The molecule has 2 aromatic rings. The molecule has 0 saturated carbocycles. The Balaban J connectivity index is 1.87. The molecule has 1 amide bonds. The van der Waals surface area contributed by atoms with Crippen LogP contribution in [0.3, 0.4) is 0 Å². The van der Waals surface area contributed by atoms with Crippen LogP contribution in [0.5, 0.6) is 0 Å². The van der Waals surface area contributed by atoms with Gasteiger partial charge in [-0.1, -0.05) is 41.4 Å². The maximum atomic E-state index is 12.2. The van der Waals surface area contributed by atoms with Gasteiger partial charge in [-0.2, -0.15) is 0 Å². The Hall–Kier alpha value is -2.31. The third-order valence-corrected chi connectivity index (χ3v) is 4.32. The maximum absolute atomic E-state index is 12.2. The molecule has 0 atom stereocenters. The number of amides is 1.